The van der Waals surface area contributed by atoms with Crippen LogP contribution >= 0.6 is 34.5 Å². The number of hydrogen-bond acceptors (Lipinski definition) is 3. The van der Waals surface area contributed by atoms with Gasteiger partial charge in [0.15, 0.2) is 0 Å². The first-order chi connectivity index (χ1) is 8.99. The van der Waals surface area contributed by atoms with E-state index in [1.807, 2.05) is 19.9 Å². The van der Waals surface area contributed by atoms with Crippen molar-refractivity contribution in [3.63, 3.8) is 0 Å². The predicted octanol–water partition coefficient (Wildman–Crippen LogP) is 4.25. The maximum Gasteiger partial charge on any atom is 0.271 e. The molecule has 2 aromatic rings. The zero-order chi connectivity index (χ0) is 14.0. The minimum absolute atomic E-state index is 0.215. The molecule has 2 rings (SSSR count). The molecule has 0 aliphatic heterocycles. The fourth-order valence-electron chi connectivity index (χ4n) is 1.67. The minimum atomic E-state index is -0.235. The molecule has 1 unspecified atom stereocenters. The summed E-state index contributed by atoms with van der Waals surface area (Å²) in [5.41, 5.74) is 1.21. The molecule has 6 heteroatoms. The Bertz CT molecular complexity index is 612. The predicted molar refractivity (Wildman–Crippen MR) is 79.2 cm³/mol. The van der Waals surface area contributed by atoms with Gasteiger partial charge in [-0.3, -0.25) is 4.79 Å². The molecule has 1 aromatic carbocycles. The number of carbonyl (C=O) groups excluding carboxylic acids is 1. The Balaban J connectivity index is 2.15. The molecule has 1 amide bonds. The SMILES string of the molecule is Cc1nc(C(=O)NC(C)c2cccc(Cl)c2Cl)cs1. The Kier molecular flexibility index (Phi) is 4.45. The van der Waals surface area contributed by atoms with Crippen molar-refractivity contribution in [1.29, 1.82) is 0 Å². The van der Waals surface area contributed by atoms with Crippen molar-refractivity contribution in [1.82, 2.24) is 10.3 Å². The quantitative estimate of drug-likeness (QED) is 0.920. The lowest BCUT2D eigenvalue weighted by Crippen LogP contribution is -2.27. The van der Waals surface area contributed by atoms with Gasteiger partial charge in [-0.15, -0.1) is 11.3 Å². The van der Waals surface area contributed by atoms with Crippen molar-refractivity contribution in [2.75, 3.05) is 0 Å². The molecule has 1 atom stereocenters. The number of aryl methyl sites for hydroxylation is 1. The summed E-state index contributed by atoms with van der Waals surface area (Å²) in [6.45, 7) is 3.72. The van der Waals surface area contributed by atoms with Crippen LogP contribution in [-0.4, -0.2) is 10.9 Å². The third kappa shape index (κ3) is 3.26. The Morgan fingerprint density at radius 1 is 1.42 bits per heavy atom. The van der Waals surface area contributed by atoms with Crippen LogP contribution in [0, 0.1) is 6.92 Å². The molecule has 0 radical (unpaired) electrons. The van der Waals surface area contributed by atoms with E-state index in [9.17, 15) is 4.79 Å². The van der Waals surface area contributed by atoms with E-state index in [1.54, 1.807) is 17.5 Å². The smallest absolute Gasteiger partial charge is 0.271 e. The zero-order valence-electron chi connectivity index (χ0n) is 10.4. The van der Waals surface area contributed by atoms with Crippen LogP contribution in [0.1, 0.15) is 34.0 Å². The van der Waals surface area contributed by atoms with Crippen LogP contribution in [0.5, 0.6) is 0 Å². The van der Waals surface area contributed by atoms with Crippen LogP contribution < -0.4 is 5.32 Å². The number of halogens is 2. The van der Waals surface area contributed by atoms with Gasteiger partial charge in [0.05, 0.1) is 21.1 Å². The van der Waals surface area contributed by atoms with Gasteiger partial charge in [-0.25, -0.2) is 4.98 Å². The summed E-state index contributed by atoms with van der Waals surface area (Å²) in [7, 11) is 0. The van der Waals surface area contributed by atoms with Gasteiger partial charge in [-0.05, 0) is 25.5 Å². The largest absolute Gasteiger partial charge is 0.344 e. The summed E-state index contributed by atoms with van der Waals surface area (Å²) in [5, 5.41) is 6.39. The number of amides is 1. The molecular formula is C13H12Cl2N2OS. The van der Waals surface area contributed by atoms with E-state index in [2.05, 4.69) is 10.3 Å². The van der Waals surface area contributed by atoms with Gasteiger partial charge >= 0.3 is 0 Å². The van der Waals surface area contributed by atoms with Crippen LogP contribution in [0.15, 0.2) is 23.6 Å². The van der Waals surface area contributed by atoms with Gasteiger partial charge in [-0.1, -0.05) is 35.3 Å². The number of thiazole rings is 1. The number of nitrogens with one attached hydrogen (secondary N) is 1. The van der Waals surface area contributed by atoms with Gasteiger partial charge in [0.2, 0.25) is 0 Å². The monoisotopic (exact) mass is 314 g/mol. The first-order valence-corrected chi connectivity index (χ1v) is 7.29. The molecule has 1 N–H and O–H groups in total. The molecule has 100 valence electrons. The second-order valence-electron chi connectivity index (χ2n) is 4.09. The molecule has 0 spiro atoms. The lowest BCUT2D eigenvalue weighted by molar-refractivity contribution is 0.0935. The average Bonchev–Trinajstić information content (AvgIpc) is 2.79. The molecule has 1 heterocycles. The Labute approximate surface area is 125 Å². The number of aromatic nitrogens is 1. The van der Waals surface area contributed by atoms with Crippen LogP contribution in [0.3, 0.4) is 0 Å². The third-order valence-corrected chi connectivity index (χ3v) is 4.25. The average molecular weight is 315 g/mol. The van der Waals surface area contributed by atoms with E-state index in [4.69, 9.17) is 23.2 Å². The molecule has 1 aromatic heterocycles. The third-order valence-electron chi connectivity index (χ3n) is 2.65. The molecule has 3 nitrogen and oxygen atoms in total. The van der Waals surface area contributed by atoms with Crippen molar-refractivity contribution in [3.05, 3.63) is 49.9 Å². The number of hydrogen-bond donors (Lipinski definition) is 1. The summed E-state index contributed by atoms with van der Waals surface area (Å²) in [6.07, 6.45) is 0. The van der Waals surface area contributed by atoms with E-state index >= 15 is 0 Å². The van der Waals surface area contributed by atoms with E-state index < -0.39 is 0 Å². The van der Waals surface area contributed by atoms with Gasteiger partial charge in [0, 0.05) is 5.38 Å². The van der Waals surface area contributed by atoms with Crippen molar-refractivity contribution < 1.29 is 4.79 Å². The molecule has 19 heavy (non-hydrogen) atoms. The molecule has 0 aliphatic rings. The first-order valence-electron chi connectivity index (χ1n) is 5.66. The molecule has 0 fully saturated rings. The number of carbonyl (C=O) groups is 1. The Morgan fingerprint density at radius 3 is 2.79 bits per heavy atom. The standard InChI is InChI=1S/C13H12Cl2N2OS/c1-7(9-4-3-5-10(14)12(9)15)16-13(18)11-6-19-8(2)17-11/h3-7H,1-2H3,(H,16,18). The highest BCUT2D eigenvalue weighted by Gasteiger charge is 2.16. The summed E-state index contributed by atoms with van der Waals surface area (Å²) in [6, 6.07) is 5.12. The van der Waals surface area contributed by atoms with E-state index in [-0.39, 0.29) is 11.9 Å². The molecular weight excluding hydrogens is 303 g/mol. The normalized spacial score (nSPS) is 12.2. The van der Waals surface area contributed by atoms with Crippen molar-refractivity contribution in [2.45, 2.75) is 19.9 Å². The Morgan fingerprint density at radius 2 is 2.16 bits per heavy atom. The minimum Gasteiger partial charge on any atom is -0.344 e. The lowest BCUT2D eigenvalue weighted by Gasteiger charge is -2.15. The van der Waals surface area contributed by atoms with E-state index in [0.29, 0.717) is 15.7 Å². The van der Waals surface area contributed by atoms with Gasteiger partial charge < -0.3 is 5.32 Å². The fraction of sp³-hybridized carbons (Fsp3) is 0.231. The highest BCUT2D eigenvalue weighted by Crippen LogP contribution is 2.29. The second kappa shape index (κ2) is 5.90. The van der Waals surface area contributed by atoms with Crippen LogP contribution in [-0.2, 0) is 0 Å². The van der Waals surface area contributed by atoms with Gasteiger partial charge in [0.1, 0.15) is 5.69 Å². The van der Waals surface area contributed by atoms with Crippen molar-refractivity contribution in [3.8, 4) is 0 Å². The van der Waals surface area contributed by atoms with Gasteiger partial charge in [-0.2, -0.15) is 0 Å². The van der Waals surface area contributed by atoms with Crippen LogP contribution in [0.2, 0.25) is 10.0 Å². The van der Waals surface area contributed by atoms with Crippen molar-refractivity contribution in [2.24, 2.45) is 0 Å². The van der Waals surface area contributed by atoms with Crippen molar-refractivity contribution >= 4 is 40.4 Å². The lowest BCUT2D eigenvalue weighted by atomic mass is 10.1. The number of benzene rings is 1. The van der Waals surface area contributed by atoms with Crippen LogP contribution in [0.25, 0.3) is 0 Å². The highest BCUT2D eigenvalue weighted by atomic mass is 35.5. The van der Waals surface area contributed by atoms with E-state index in [0.717, 1.165) is 10.6 Å². The first kappa shape index (κ1) is 14.3. The number of nitrogens with zero attached hydrogens (tertiary/aromatic N) is 1. The molecule has 0 bridgehead atoms. The van der Waals surface area contributed by atoms with Crippen LogP contribution in [0.4, 0.5) is 0 Å². The Hall–Kier alpha value is -1.10. The summed E-state index contributed by atoms with van der Waals surface area (Å²) < 4.78 is 0. The maximum absolute atomic E-state index is 12.0. The van der Waals surface area contributed by atoms with E-state index in [1.165, 1.54) is 11.3 Å². The molecule has 0 aliphatic carbocycles. The maximum atomic E-state index is 12.0. The summed E-state index contributed by atoms with van der Waals surface area (Å²) >= 11 is 13.5. The molecule has 0 saturated heterocycles. The topological polar surface area (TPSA) is 42.0 Å². The molecule has 0 saturated carbocycles. The summed E-state index contributed by atoms with van der Waals surface area (Å²) in [4.78, 5) is 16.1. The van der Waals surface area contributed by atoms with Gasteiger partial charge in [0.25, 0.3) is 5.91 Å². The fourth-order valence-corrected chi connectivity index (χ4v) is 2.74. The summed E-state index contributed by atoms with van der Waals surface area (Å²) in [5.74, 6) is -0.215. The highest BCUT2D eigenvalue weighted by molar-refractivity contribution is 7.09. The number of rotatable bonds is 3. The zero-order valence-corrected chi connectivity index (χ0v) is 12.7. The second-order valence-corrected chi connectivity index (χ2v) is 5.94.